The van der Waals surface area contributed by atoms with Gasteiger partial charge in [0.05, 0.1) is 58.5 Å². The van der Waals surface area contributed by atoms with E-state index in [1.54, 1.807) is 10.9 Å². The first-order valence-corrected chi connectivity index (χ1v) is 9.14. The van der Waals surface area contributed by atoms with E-state index in [9.17, 15) is 0 Å². The van der Waals surface area contributed by atoms with Gasteiger partial charge in [-0.25, -0.2) is 4.68 Å². The quantitative estimate of drug-likeness (QED) is 0.748. The highest BCUT2D eigenvalue weighted by atomic mass is 16.6. The molecule has 27 heavy (non-hydrogen) atoms. The maximum absolute atomic E-state index is 5.88. The van der Waals surface area contributed by atoms with Crippen molar-refractivity contribution in [3.05, 3.63) is 36.7 Å². The Morgan fingerprint density at radius 1 is 0.667 bits per heavy atom. The highest BCUT2D eigenvalue weighted by Gasteiger charge is 2.09. The number of aromatic nitrogens is 2. The second-order valence-electron chi connectivity index (χ2n) is 5.73. The van der Waals surface area contributed by atoms with Gasteiger partial charge in [0.1, 0.15) is 13.2 Å². The molecule has 1 aromatic heterocycles. The van der Waals surface area contributed by atoms with Crippen LogP contribution in [0.2, 0.25) is 0 Å². The smallest absolute Gasteiger partial charge is 0.163 e. The molecule has 148 valence electrons. The van der Waals surface area contributed by atoms with Gasteiger partial charge in [-0.15, -0.1) is 0 Å². The minimum atomic E-state index is 0.415. The van der Waals surface area contributed by atoms with Crippen molar-refractivity contribution in [2.75, 3.05) is 66.1 Å². The molecule has 0 fully saturated rings. The second kappa shape index (κ2) is 11.6. The van der Waals surface area contributed by atoms with E-state index in [4.69, 9.17) is 28.4 Å². The van der Waals surface area contributed by atoms with Crippen LogP contribution < -0.4 is 9.47 Å². The van der Waals surface area contributed by atoms with Gasteiger partial charge in [0, 0.05) is 18.5 Å². The van der Waals surface area contributed by atoms with Crippen molar-refractivity contribution in [1.29, 1.82) is 0 Å². The fourth-order valence-electron chi connectivity index (χ4n) is 2.48. The van der Waals surface area contributed by atoms with Crippen LogP contribution in [0.3, 0.4) is 0 Å². The van der Waals surface area contributed by atoms with Gasteiger partial charge in [0.15, 0.2) is 11.5 Å². The van der Waals surface area contributed by atoms with Crippen LogP contribution in [0.5, 0.6) is 11.5 Å². The number of hydrogen-bond donors (Lipinski definition) is 0. The average molecular weight is 378 g/mol. The van der Waals surface area contributed by atoms with Crippen LogP contribution in [0.15, 0.2) is 36.7 Å². The lowest BCUT2D eigenvalue weighted by Gasteiger charge is -2.15. The summed E-state index contributed by atoms with van der Waals surface area (Å²) in [4.78, 5) is 0. The molecule has 1 aliphatic heterocycles. The lowest BCUT2D eigenvalue weighted by Crippen LogP contribution is -2.16. The zero-order valence-corrected chi connectivity index (χ0v) is 15.4. The Kier molecular flexibility index (Phi) is 8.40. The van der Waals surface area contributed by atoms with Crippen molar-refractivity contribution < 1.29 is 28.4 Å². The minimum absolute atomic E-state index is 0.415. The highest BCUT2D eigenvalue weighted by molar-refractivity contribution is 5.48. The van der Waals surface area contributed by atoms with Gasteiger partial charge >= 0.3 is 0 Å². The molecule has 2 heterocycles. The van der Waals surface area contributed by atoms with Gasteiger partial charge in [-0.2, -0.15) is 5.10 Å². The molecule has 0 saturated carbocycles. The molecule has 8 nitrogen and oxygen atoms in total. The van der Waals surface area contributed by atoms with Crippen LogP contribution in [0.25, 0.3) is 5.69 Å². The molecule has 0 atom stereocenters. The zero-order chi connectivity index (χ0) is 18.6. The van der Waals surface area contributed by atoms with Gasteiger partial charge in [0.2, 0.25) is 0 Å². The third-order valence-corrected chi connectivity index (χ3v) is 3.78. The summed E-state index contributed by atoms with van der Waals surface area (Å²) in [6.45, 7) is 4.99. The summed E-state index contributed by atoms with van der Waals surface area (Å²) in [5, 5.41) is 4.25. The summed E-state index contributed by atoms with van der Waals surface area (Å²) in [5.74, 6) is 1.31. The van der Waals surface area contributed by atoms with Crippen molar-refractivity contribution >= 4 is 0 Å². The topological polar surface area (TPSA) is 73.2 Å². The van der Waals surface area contributed by atoms with E-state index in [1.807, 2.05) is 30.5 Å². The van der Waals surface area contributed by atoms with E-state index >= 15 is 0 Å². The molecule has 8 heteroatoms. The normalized spacial score (nSPS) is 18.4. The molecule has 0 N–H and O–H groups in total. The maximum Gasteiger partial charge on any atom is 0.163 e. The predicted octanol–water partition coefficient (Wildman–Crippen LogP) is 1.71. The van der Waals surface area contributed by atoms with E-state index in [1.165, 1.54) is 0 Å². The Labute approximate surface area is 158 Å². The van der Waals surface area contributed by atoms with E-state index < -0.39 is 0 Å². The molecule has 0 spiro atoms. The van der Waals surface area contributed by atoms with E-state index in [0.29, 0.717) is 77.6 Å². The first-order valence-electron chi connectivity index (χ1n) is 9.14. The third kappa shape index (κ3) is 6.84. The number of hydrogen-bond acceptors (Lipinski definition) is 7. The standard InChI is InChI=1S/C19H26N2O6/c1-4-20-21(5-1)17-2-3-18-19(16-17)27-15-13-25-11-9-23-7-6-22-8-10-24-12-14-26-18/h1-5,16H,6-15H2. The van der Waals surface area contributed by atoms with Crippen molar-refractivity contribution in [2.24, 2.45) is 0 Å². The zero-order valence-electron chi connectivity index (χ0n) is 15.4. The van der Waals surface area contributed by atoms with Crippen LogP contribution in [0, 0.1) is 0 Å². The molecule has 1 aliphatic rings. The highest BCUT2D eigenvalue weighted by Crippen LogP contribution is 2.29. The number of rotatable bonds is 1. The van der Waals surface area contributed by atoms with E-state index in [0.717, 1.165) is 5.69 Å². The van der Waals surface area contributed by atoms with Crippen molar-refractivity contribution in [3.8, 4) is 17.2 Å². The first-order chi connectivity index (χ1) is 13.4. The number of benzene rings is 1. The fourth-order valence-corrected chi connectivity index (χ4v) is 2.48. The van der Waals surface area contributed by atoms with Gasteiger partial charge in [-0.05, 0) is 18.2 Å². The summed E-state index contributed by atoms with van der Waals surface area (Å²) in [7, 11) is 0. The first kappa shape index (κ1) is 19.6. The summed E-state index contributed by atoms with van der Waals surface area (Å²) in [6.07, 6.45) is 3.61. The molecule has 0 amide bonds. The lowest BCUT2D eigenvalue weighted by atomic mass is 10.2. The van der Waals surface area contributed by atoms with Crippen molar-refractivity contribution in [1.82, 2.24) is 9.78 Å². The third-order valence-electron chi connectivity index (χ3n) is 3.78. The van der Waals surface area contributed by atoms with E-state index in [2.05, 4.69) is 5.10 Å². The van der Waals surface area contributed by atoms with Crippen LogP contribution >= 0.6 is 0 Å². The molecule has 3 rings (SSSR count). The predicted molar refractivity (Wildman–Crippen MR) is 97.8 cm³/mol. The molecule has 0 radical (unpaired) electrons. The van der Waals surface area contributed by atoms with Gasteiger partial charge < -0.3 is 28.4 Å². The molecule has 0 saturated heterocycles. The molecule has 0 aliphatic carbocycles. The Hall–Kier alpha value is -2.13. The fraction of sp³-hybridized carbons (Fsp3) is 0.526. The summed E-state index contributed by atoms with van der Waals surface area (Å²) < 4.78 is 35.4. The number of ether oxygens (including phenoxy) is 6. The van der Waals surface area contributed by atoms with Crippen molar-refractivity contribution in [2.45, 2.75) is 0 Å². The maximum atomic E-state index is 5.88. The van der Waals surface area contributed by atoms with Crippen LogP contribution in [0.1, 0.15) is 0 Å². The lowest BCUT2D eigenvalue weighted by molar-refractivity contribution is -0.00841. The summed E-state index contributed by atoms with van der Waals surface area (Å²) in [6, 6.07) is 7.58. The SMILES string of the molecule is c1cnn(-c2ccc3c(c2)OCCOCCOCCOCCOCCO3)c1. The van der Waals surface area contributed by atoms with Crippen LogP contribution in [-0.4, -0.2) is 75.8 Å². The molecular weight excluding hydrogens is 352 g/mol. The Bertz CT molecular complexity index is 650. The molecule has 0 unspecified atom stereocenters. The molecule has 2 aromatic rings. The Morgan fingerprint density at radius 3 is 1.78 bits per heavy atom. The van der Waals surface area contributed by atoms with Crippen LogP contribution in [-0.2, 0) is 18.9 Å². The Morgan fingerprint density at radius 2 is 1.22 bits per heavy atom. The minimum Gasteiger partial charge on any atom is -0.487 e. The molecule has 1 aromatic carbocycles. The summed E-state index contributed by atoms with van der Waals surface area (Å²) in [5.41, 5.74) is 0.896. The summed E-state index contributed by atoms with van der Waals surface area (Å²) >= 11 is 0. The van der Waals surface area contributed by atoms with Crippen LogP contribution in [0.4, 0.5) is 0 Å². The number of nitrogens with zero attached hydrogens (tertiary/aromatic N) is 2. The molecule has 0 bridgehead atoms. The number of fused-ring (bicyclic) bond motifs is 1. The van der Waals surface area contributed by atoms with Gasteiger partial charge in [-0.1, -0.05) is 0 Å². The largest absolute Gasteiger partial charge is 0.487 e. The Balaban J connectivity index is 1.61. The monoisotopic (exact) mass is 378 g/mol. The van der Waals surface area contributed by atoms with Crippen molar-refractivity contribution in [3.63, 3.8) is 0 Å². The van der Waals surface area contributed by atoms with Gasteiger partial charge in [-0.3, -0.25) is 0 Å². The average Bonchev–Trinajstić information content (AvgIpc) is 3.22. The van der Waals surface area contributed by atoms with Gasteiger partial charge in [0.25, 0.3) is 0 Å². The molecular formula is C19H26N2O6. The second-order valence-corrected chi connectivity index (χ2v) is 5.73. The van der Waals surface area contributed by atoms with E-state index in [-0.39, 0.29) is 0 Å².